The van der Waals surface area contributed by atoms with Gasteiger partial charge in [0.05, 0.1) is 6.07 Å². The van der Waals surface area contributed by atoms with E-state index in [0.717, 1.165) is 17.1 Å². The Kier molecular flexibility index (Phi) is 7.45. The van der Waals surface area contributed by atoms with Gasteiger partial charge in [0.15, 0.2) is 0 Å². The monoisotopic (exact) mass is 274 g/mol. The first-order valence-electron chi connectivity index (χ1n) is 6.17. The Balaban J connectivity index is 2.36. The maximum Gasteiger partial charge on any atom is 0.237 e. The van der Waals surface area contributed by atoms with Gasteiger partial charge in [0, 0.05) is 18.1 Å². The SMILES string of the molecule is C=CCSCCNC(=O)C(C#N)Cc1ccccc1. The molecule has 3 nitrogen and oxygen atoms in total. The second kappa shape index (κ2) is 9.23. The van der Waals surface area contributed by atoms with E-state index in [2.05, 4.69) is 18.0 Å². The maximum atomic E-state index is 11.8. The molecule has 1 unspecified atom stereocenters. The molecule has 1 N–H and O–H groups in total. The van der Waals surface area contributed by atoms with Gasteiger partial charge in [-0.05, 0) is 12.0 Å². The predicted octanol–water partition coefficient (Wildman–Crippen LogP) is 2.40. The minimum atomic E-state index is -0.619. The number of thioether (sulfide) groups is 1. The average molecular weight is 274 g/mol. The van der Waals surface area contributed by atoms with Gasteiger partial charge < -0.3 is 5.32 Å². The van der Waals surface area contributed by atoms with Gasteiger partial charge >= 0.3 is 0 Å². The first kappa shape index (κ1) is 15.3. The van der Waals surface area contributed by atoms with Crippen LogP contribution in [0.2, 0.25) is 0 Å². The summed E-state index contributed by atoms with van der Waals surface area (Å²) in [7, 11) is 0. The summed E-state index contributed by atoms with van der Waals surface area (Å²) < 4.78 is 0. The fraction of sp³-hybridized carbons (Fsp3) is 0.333. The number of carbonyl (C=O) groups excluding carboxylic acids is 1. The Morgan fingerprint density at radius 3 is 2.84 bits per heavy atom. The van der Waals surface area contributed by atoms with Crippen LogP contribution in [0.15, 0.2) is 43.0 Å². The lowest BCUT2D eigenvalue weighted by Gasteiger charge is -2.10. The second-order valence-electron chi connectivity index (χ2n) is 4.03. The van der Waals surface area contributed by atoms with Gasteiger partial charge in [-0.1, -0.05) is 36.4 Å². The van der Waals surface area contributed by atoms with Crippen LogP contribution in [-0.4, -0.2) is 24.0 Å². The molecular formula is C15H18N2OS. The molecule has 1 atom stereocenters. The molecule has 1 aromatic carbocycles. The van der Waals surface area contributed by atoms with E-state index in [1.54, 1.807) is 11.8 Å². The van der Waals surface area contributed by atoms with E-state index in [9.17, 15) is 4.79 Å². The molecular weight excluding hydrogens is 256 g/mol. The molecule has 0 aliphatic carbocycles. The summed E-state index contributed by atoms with van der Waals surface area (Å²) in [5.74, 6) is 0.903. The zero-order chi connectivity index (χ0) is 13.9. The molecule has 0 aliphatic heterocycles. The summed E-state index contributed by atoms with van der Waals surface area (Å²) in [6.45, 7) is 4.22. The lowest BCUT2D eigenvalue weighted by molar-refractivity contribution is -0.123. The van der Waals surface area contributed by atoms with E-state index in [1.807, 2.05) is 36.4 Å². The van der Waals surface area contributed by atoms with E-state index in [1.165, 1.54) is 0 Å². The highest BCUT2D eigenvalue weighted by Crippen LogP contribution is 2.08. The van der Waals surface area contributed by atoms with Gasteiger partial charge in [0.2, 0.25) is 5.91 Å². The molecule has 0 saturated heterocycles. The van der Waals surface area contributed by atoms with Crippen molar-refractivity contribution < 1.29 is 4.79 Å². The van der Waals surface area contributed by atoms with Crippen LogP contribution in [0.25, 0.3) is 0 Å². The molecule has 0 aromatic heterocycles. The number of amides is 1. The summed E-state index contributed by atoms with van der Waals surface area (Å²) in [6.07, 6.45) is 2.29. The topological polar surface area (TPSA) is 52.9 Å². The fourth-order valence-corrected chi connectivity index (χ4v) is 2.16. The third kappa shape index (κ3) is 6.12. The number of nitriles is 1. The third-order valence-corrected chi connectivity index (χ3v) is 3.50. The van der Waals surface area contributed by atoms with Crippen LogP contribution in [0.4, 0.5) is 0 Å². The Hall–Kier alpha value is -1.73. The molecule has 0 fully saturated rings. The van der Waals surface area contributed by atoms with Crippen LogP contribution in [0.1, 0.15) is 5.56 Å². The Morgan fingerprint density at radius 2 is 2.21 bits per heavy atom. The Bertz CT molecular complexity index is 439. The lowest BCUT2D eigenvalue weighted by atomic mass is 10.00. The highest BCUT2D eigenvalue weighted by atomic mass is 32.2. The van der Waals surface area contributed by atoms with Crippen molar-refractivity contribution >= 4 is 17.7 Å². The normalized spacial score (nSPS) is 11.3. The molecule has 0 radical (unpaired) electrons. The molecule has 0 spiro atoms. The summed E-state index contributed by atoms with van der Waals surface area (Å²) >= 11 is 1.70. The molecule has 19 heavy (non-hydrogen) atoms. The molecule has 0 aliphatic rings. The van der Waals surface area contributed by atoms with Crippen molar-refractivity contribution in [1.29, 1.82) is 5.26 Å². The van der Waals surface area contributed by atoms with Crippen LogP contribution in [0.3, 0.4) is 0 Å². The Morgan fingerprint density at radius 1 is 1.47 bits per heavy atom. The van der Waals surface area contributed by atoms with Crippen LogP contribution in [0.5, 0.6) is 0 Å². The second-order valence-corrected chi connectivity index (χ2v) is 5.18. The van der Waals surface area contributed by atoms with E-state index in [0.29, 0.717) is 13.0 Å². The third-order valence-electron chi connectivity index (χ3n) is 2.54. The van der Waals surface area contributed by atoms with Gasteiger partial charge in [-0.2, -0.15) is 17.0 Å². The molecule has 1 rings (SSSR count). The average Bonchev–Trinajstić information content (AvgIpc) is 2.45. The number of carbonyl (C=O) groups is 1. The minimum Gasteiger partial charge on any atom is -0.354 e. The number of benzene rings is 1. The minimum absolute atomic E-state index is 0.189. The molecule has 1 aromatic rings. The van der Waals surface area contributed by atoms with Crippen LogP contribution in [0, 0.1) is 17.2 Å². The summed E-state index contributed by atoms with van der Waals surface area (Å²) in [4.78, 5) is 11.8. The molecule has 4 heteroatoms. The maximum absolute atomic E-state index is 11.8. The fourth-order valence-electron chi connectivity index (χ4n) is 1.58. The number of hydrogen-bond acceptors (Lipinski definition) is 3. The van der Waals surface area contributed by atoms with Crippen LogP contribution in [-0.2, 0) is 11.2 Å². The van der Waals surface area contributed by atoms with E-state index < -0.39 is 5.92 Å². The summed E-state index contributed by atoms with van der Waals surface area (Å²) in [5, 5.41) is 11.9. The van der Waals surface area contributed by atoms with E-state index >= 15 is 0 Å². The quantitative estimate of drug-likeness (QED) is 0.585. The largest absolute Gasteiger partial charge is 0.354 e. The number of nitrogens with zero attached hydrogens (tertiary/aromatic N) is 1. The standard InChI is InChI=1S/C15H18N2OS/c1-2-9-19-10-8-17-15(18)14(12-16)11-13-6-4-3-5-7-13/h2-7,14H,1,8-11H2,(H,17,18). The van der Waals surface area contributed by atoms with Crippen LogP contribution < -0.4 is 5.32 Å². The van der Waals surface area contributed by atoms with Crippen molar-refractivity contribution in [2.75, 3.05) is 18.1 Å². The zero-order valence-electron chi connectivity index (χ0n) is 10.8. The summed E-state index contributed by atoms with van der Waals surface area (Å²) in [6, 6.07) is 11.7. The highest BCUT2D eigenvalue weighted by molar-refractivity contribution is 7.99. The van der Waals surface area contributed by atoms with Gasteiger partial charge in [0.25, 0.3) is 0 Å². The van der Waals surface area contributed by atoms with Crippen molar-refractivity contribution in [3.05, 3.63) is 48.6 Å². The highest BCUT2D eigenvalue weighted by Gasteiger charge is 2.17. The number of hydrogen-bond donors (Lipinski definition) is 1. The summed E-state index contributed by atoms with van der Waals surface area (Å²) in [5.41, 5.74) is 1.00. The van der Waals surface area contributed by atoms with Gasteiger partial charge in [0.1, 0.15) is 5.92 Å². The molecule has 0 heterocycles. The van der Waals surface area contributed by atoms with Crippen molar-refractivity contribution in [1.82, 2.24) is 5.32 Å². The molecule has 1 amide bonds. The zero-order valence-corrected chi connectivity index (χ0v) is 11.7. The first-order valence-corrected chi connectivity index (χ1v) is 7.33. The molecule has 0 saturated carbocycles. The van der Waals surface area contributed by atoms with Gasteiger partial charge in [-0.15, -0.1) is 6.58 Å². The first-order chi connectivity index (χ1) is 9.27. The van der Waals surface area contributed by atoms with Crippen LogP contribution >= 0.6 is 11.8 Å². The van der Waals surface area contributed by atoms with Crippen molar-refractivity contribution in [2.24, 2.45) is 5.92 Å². The molecule has 0 bridgehead atoms. The number of nitrogens with one attached hydrogen (secondary N) is 1. The van der Waals surface area contributed by atoms with Crippen molar-refractivity contribution in [2.45, 2.75) is 6.42 Å². The Labute approximate surface area is 118 Å². The van der Waals surface area contributed by atoms with E-state index in [4.69, 9.17) is 5.26 Å². The number of rotatable bonds is 8. The predicted molar refractivity (Wildman–Crippen MR) is 79.8 cm³/mol. The van der Waals surface area contributed by atoms with Crippen molar-refractivity contribution in [3.63, 3.8) is 0 Å². The van der Waals surface area contributed by atoms with Gasteiger partial charge in [-0.25, -0.2) is 0 Å². The smallest absolute Gasteiger partial charge is 0.237 e. The van der Waals surface area contributed by atoms with Crippen molar-refractivity contribution in [3.8, 4) is 6.07 Å². The molecule has 100 valence electrons. The van der Waals surface area contributed by atoms with Gasteiger partial charge in [-0.3, -0.25) is 4.79 Å². The van der Waals surface area contributed by atoms with E-state index in [-0.39, 0.29) is 5.91 Å². The lowest BCUT2D eigenvalue weighted by Crippen LogP contribution is -2.32.